The summed E-state index contributed by atoms with van der Waals surface area (Å²) >= 11 is 1.31. The maximum absolute atomic E-state index is 12.4. The minimum Gasteiger partial charge on any atom is -0.324 e. The molecule has 5 nitrogen and oxygen atoms in total. The molecule has 0 spiro atoms. The molecule has 0 bridgehead atoms. The number of benzene rings is 1. The summed E-state index contributed by atoms with van der Waals surface area (Å²) in [7, 11) is -7.06. The molecule has 0 N–H and O–H groups in total. The minimum atomic E-state index is -3.96. The lowest BCUT2D eigenvalue weighted by atomic mass is 10.4. The van der Waals surface area contributed by atoms with Crippen LogP contribution in [-0.2, 0) is 23.4 Å². The molecule has 0 aliphatic heterocycles. The number of hydrogen-bond donors (Lipinski definition) is 0. The van der Waals surface area contributed by atoms with E-state index in [9.17, 15) is 13.0 Å². The van der Waals surface area contributed by atoms with Crippen LogP contribution >= 0.6 is 19.1 Å². The van der Waals surface area contributed by atoms with Crippen molar-refractivity contribution in [2.45, 2.75) is 36.7 Å². The molecule has 1 rings (SSSR count). The van der Waals surface area contributed by atoms with Crippen LogP contribution < -0.4 is 0 Å². The minimum absolute atomic E-state index is 0.0877. The molecule has 1 aromatic carbocycles. The van der Waals surface area contributed by atoms with E-state index in [2.05, 4.69) is 0 Å². The monoisotopic (exact) mass is 352 g/mol. The SMILES string of the molecule is CCP(=O)(COS(=O)(=O)c1ccccc1SC)OC(C)C. The van der Waals surface area contributed by atoms with Gasteiger partial charge in [-0.25, -0.2) is 0 Å². The van der Waals surface area contributed by atoms with Gasteiger partial charge in [-0.1, -0.05) is 19.1 Å². The summed E-state index contributed by atoms with van der Waals surface area (Å²) < 4.78 is 47.2. The summed E-state index contributed by atoms with van der Waals surface area (Å²) in [5.74, 6) is 0. The summed E-state index contributed by atoms with van der Waals surface area (Å²) in [6.45, 7) is 5.19. The lowest BCUT2D eigenvalue weighted by molar-refractivity contribution is 0.228. The molecule has 0 aliphatic carbocycles. The largest absolute Gasteiger partial charge is 0.324 e. The Bertz CT molecular complexity index is 613. The Hall–Kier alpha value is -0.330. The van der Waals surface area contributed by atoms with Crippen LogP contribution in [0, 0.1) is 0 Å². The van der Waals surface area contributed by atoms with E-state index >= 15 is 0 Å². The van der Waals surface area contributed by atoms with Gasteiger partial charge in [-0.2, -0.15) is 8.42 Å². The van der Waals surface area contributed by atoms with Gasteiger partial charge in [0.25, 0.3) is 10.1 Å². The molecule has 0 saturated heterocycles. The number of hydrogen-bond acceptors (Lipinski definition) is 6. The lowest BCUT2D eigenvalue weighted by Crippen LogP contribution is -2.12. The van der Waals surface area contributed by atoms with E-state index in [1.165, 1.54) is 17.8 Å². The van der Waals surface area contributed by atoms with Crippen molar-refractivity contribution in [3.8, 4) is 0 Å². The highest BCUT2D eigenvalue weighted by Gasteiger charge is 2.28. The topological polar surface area (TPSA) is 69.7 Å². The van der Waals surface area contributed by atoms with Crippen LogP contribution in [-0.4, -0.2) is 33.3 Å². The Labute approximate surface area is 131 Å². The molecule has 0 amide bonds. The van der Waals surface area contributed by atoms with Gasteiger partial charge in [0.2, 0.25) is 7.37 Å². The standard InChI is InChI=1S/C13H21O5PS2/c1-5-19(14,18-11(2)3)10-17-21(15,16)13-9-7-6-8-12(13)20-4/h6-9,11H,5,10H2,1-4H3. The summed E-state index contributed by atoms with van der Waals surface area (Å²) in [6, 6.07) is 6.55. The lowest BCUT2D eigenvalue weighted by Gasteiger charge is -2.19. The van der Waals surface area contributed by atoms with E-state index in [0.717, 1.165) is 0 Å². The predicted molar refractivity (Wildman–Crippen MR) is 85.7 cm³/mol. The maximum atomic E-state index is 12.4. The predicted octanol–water partition coefficient (Wildman–Crippen LogP) is 3.79. The quantitative estimate of drug-likeness (QED) is 0.403. The zero-order valence-electron chi connectivity index (χ0n) is 12.6. The summed E-state index contributed by atoms with van der Waals surface area (Å²) in [5, 5.41) is 0. The van der Waals surface area contributed by atoms with E-state index < -0.39 is 23.8 Å². The Morgan fingerprint density at radius 1 is 1.29 bits per heavy atom. The highest BCUT2D eigenvalue weighted by molar-refractivity contribution is 7.99. The fourth-order valence-electron chi connectivity index (χ4n) is 1.62. The third kappa shape index (κ3) is 5.42. The molecular weight excluding hydrogens is 331 g/mol. The first-order valence-corrected chi connectivity index (χ1v) is 11.2. The Kier molecular flexibility index (Phi) is 6.94. The molecule has 0 fully saturated rings. The van der Waals surface area contributed by atoms with Crippen LogP contribution in [0.2, 0.25) is 0 Å². The van der Waals surface area contributed by atoms with E-state index in [4.69, 9.17) is 8.71 Å². The van der Waals surface area contributed by atoms with Crippen LogP contribution in [0.1, 0.15) is 20.8 Å². The average molecular weight is 352 g/mol. The van der Waals surface area contributed by atoms with Gasteiger partial charge in [0.1, 0.15) is 11.2 Å². The normalized spacial score (nSPS) is 15.1. The van der Waals surface area contributed by atoms with Crippen molar-refractivity contribution in [1.82, 2.24) is 0 Å². The van der Waals surface area contributed by atoms with Crippen molar-refractivity contribution in [3.63, 3.8) is 0 Å². The summed E-state index contributed by atoms with van der Waals surface area (Å²) in [5.41, 5.74) is 0. The van der Waals surface area contributed by atoms with Gasteiger partial charge >= 0.3 is 0 Å². The third-order valence-electron chi connectivity index (χ3n) is 2.63. The molecule has 0 aliphatic rings. The Balaban J connectivity index is 2.93. The molecule has 8 heteroatoms. The maximum Gasteiger partial charge on any atom is 0.298 e. The summed E-state index contributed by atoms with van der Waals surface area (Å²) in [6.07, 6.45) is 1.32. The second-order valence-corrected chi connectivity index (χ2v) is 9.80. The van der Waals surface area contributed by atoms with E-state index in [1.807, 2.05) is 0 Å². The van der Waals surface area contributed by atoms with E-state index in [0.29, 0.717) is 4.90 Å². The first kappa shape index (κ1) is 18.7. The fraction of sp³-hybridized carbons (Fsp3) is 0.538. The zero-order chi connectivity index (χ0) is 16.1. The van der Waals surface area contributed by atoms with Crippen molar-refractivity contribution in [3.05, 3.63) is 24.3 Å². The molecular formula is C13H21O5PS2. The van der Waals surface area contributed by atoms with Crippen LogP contribution in [0.25, 0.3) is 0 Å². The second-order valence-electron chi connectivity index (χ2n) is 4.64. The third-order valence-corrected chi connectivity index (χ3v) is 7.34. The van der Waals surface area contributed by atoms with Gasteiger partial charge in [0, 0.05) is 11.1 Å². The first-order chi connectivity index (χ1) is 9.74. The first-order valence-electron chi connectivity index (χ1n) is 6.53. The van der Waals surface area contributed by atoms with Crippen LogP contribution in [0.15, 0.2) is 34.1 Å². The van der Waals surface area contributed by atoms with Crippen molar-refractivity contribution in [2.24, 2.45) is 0 Å². The molecule has 1 unspecified atom stereocenters. The fourth-order valence-corrected chi connectivity index (χ4v) is 5.70. The van der Waals surface area contributed by atoms with Gasteiger partial charge in [-0.15, -0.1) is 11.8 Å². The highest BCUT2D eigenvalue weighted by atomic mass is 32.2. The second kappa shape index (κ2) is 7.79. The van der Waals surface area contributed by atoms with Gasteiger partial charge in [0.05, 0.1) is 6.10 Å². The van der Waals surface area contributed by atoms with Gasteiger partial charge in [-0.3, -0.25) is 8.75 Å². The van der Waals surface area contributed by atoms with Crippen LogP contribution in [0.4, 0.5) is 0 Å². The molecule has 0 radical (unpaired) electrons. The molecule has 0 aromatic heterocycles. The molecule has 1 aromatic rings. The highest BCUT2D eigenvalue weighted by Crippen LogP contribution is 2.48. The van der Waals surface area contributed by atoms with Crippen LogP contribution in [0.3, 0.4) is 0 Å². The Morgan fingerprint density at radius 2 is 1.90 bits per heavy atom. The number of thioether (sulfide) groups is 1. The van der Waals surface area contributed by atoms with Crippen molar-refractivity contribution in [1.29, 1.82) is 0 Å². The van der Waals surface area contributed by atoms with Crippen molar-refractivity contribution in [2.75, 3.05) is 18.8 Å². The summed E-state index contributed by atoms with van der Waals surface area (Å²) in [4.78, 5) is 0.679. The van der Waals surface area contributed by atoms with Crippen LogP contribution in [0.5, 0.6) is 0 Å². The molecule has 1 atom stereocenters. The molecule has 21 heavy (non-hydrogen) atoms. The van der Waals surface area contributed by atoms with Gasteiger partial charge in [0.15, 0.2) is 0 Å². The zero-order valence-corrected chi connectivity index (χ0v) is 15.1. The van der Waals surface area contributed by atoms with Gasteiger partial charge < -0.3 is 4.52 Å². The van der Waals surface area contributed by atoms with E-state index in [1.54, 1.807) is 45.2 Å². The molecule has 0 saturated carbocycles. The average Bonchev–Trinajstić information content (AvgIpc) is 2.44. The van der Waals surface area contributed by atoms with E-state index in [-0.39, 0.29) is 17.2 Å². The Morgan fingerprint density at radius 3 is 2.43 bits per heavy atom. The smallest absolute Gasteiger partial charge is 0.298 e. The van der Waals surface area contributed by atoms with Crippen molar-refractivity contribution < 1.29 is 21.7 Å². The molecule has 120 valence electrons. The molecule has 0 heterocycles. The van der Waals surface area contributed by atoms with Gasteiger partial charge in [-0.05, 0) is 32.2 Å². The van der Waals surface area contributed by atoms with Crippen molar-refractivity contribution >= 4 is 29.2 Å². The number of rotatable bonds is 8.